The van der Waals surface area contributed by atoms with Crippen LogP contribution in [-0.4, -0.2) is 40.8 Å². The Morgan fingerprint density at radius 1 is 1.20 bits per heavy atom. The molecule has 1 aliphatic rings. The molecule has 0 radical (unpaired) electrons. The fourth-order valence-corrected chi connectivity index (χ4v) is 2.96. The van der Waals surface area contributed by atoms with Crippen LogP contribution < -0.4 is 4.74 Å². The molecule has 0 N–H and O–H groups in total. The summed E-state index contributed by atoms with van der Waals surface area (Å²) in [6.07, 6.45) is 1.62. The van der Waals surface area contributed by atoms with Crippen molar-refractivity contribution in [2.45, 2.75) is 33.3 Å². The van der Waals surface area contributed by atoms with E-state index >= 15 is 0 Å². The summed E-state index contributed by atoms with van der Waals surface area (Å²) in [4.78, 5) is 37.4. The van der Waals surface area contributed by atoms with E-state index in [4.69, 9.17) is 9.47 Å². The van der Waals surface area contributed by atoms with Gasteiger partial charge in [0.25, 0.3) is 11.1 Å². The summed E-state index contributed by atoms with van der Waals surface area (Å²) in [5.41, 5.74) is 0.100. The van der Waals surface area contributed by atoms with Crippen LogP contribution in [0.5, 0.6) is 5.75 Å². The third-order valence-electron chi connectivity index (χ3n) is 3.07. The standard InChI is InChI=1S/C18H21NO5S/c1-5-23-13-8-6-12(7-9-13)10-14-16(21)19(17(22)25-14)11-15(20)24-18(2,3)4/h6-10H,5,11H2,1-4H3/b14-10+. The zero-order chi connectivity index (χ0) is 18.6. The number of hydrogen-bond acceptors (Lipinski definition) is 6. The van der Waals surface area contributed by atoms with Crippen LogP contribution in [0.2, 0.25) is 0 Å². The number of nitrogens with zero attached hydrogens (tertiary/aromatic N) is 1. The molecule has 7 heteroatoms. The Morgan fingerprint density at radius 3 is 2.40 bits per heavy atom. The summed E-state index contributed by atoms with van der Waals surface area (Å²) in [5, 5.41) is -0.479. The molecule has 0 bridgehead atoms. The lowest BCUT2D eigenvalue weighted by Crippen LogP contribution is -2.37. The summed E-state index contributed by atoms with van der Waals surface area (Å²) in [6, 6.07) is 7.18. The normalized spacial score (nSPS) is 16.5. The zero-order valence-corrected chi connectivity index (χ0v) is 15.5. The molecule has 1 aliphatic heterocycles. The Kier molecular flexibility index (Phi) is 5.89. The highest BCUT2D eigenvalue weighted by molar-refractivity contribution is 8.18. The third-order valence-corrected chi connectivity index (χ3v) is 3.98. The van der Waals surface area contributed by atoms with Gasteiger partial charge in [0.05, 0.1) is 11.5 Å². The van der Waals surface area contributed by atoms with Crippen molar-refractivity contribution in [1.29, 1.82) is 0 Å². The molecule has 0 saturated carbocycles. The second kappa shape index (κ2) is 7.74. The molecule has 2 amide bonds. The van der Waals surface area contributed by atoms with Gasteiger partial charge in [-0.05, 0) is 63.2 Å². The van der Waals surface area contributed by atoms with Gasteiger partial charge in [0.1, 0.15) is 17.9 Å². The number of hydrogen-bond donors (Lipinski definition) is 0. The van der Waals surface area contributed by atoms with Gasteiger partial charge in [-0.15, -0.1) is 0 Å². The number of rotatable bonds is 5. The maximum absolute atomic E-state index is 12.4. The van der Waals surface area contributed by atoms with E-state index in [0.717, 1.165) is 28.0 Å². The Hall–Kier alpha value is -2.28. The number of benzene rings is 1. The number of esters is 1. The molecular formula is C18H21NO5S. The predicted octanol–water partition coefficient (Wildman–Crippen LogP) is 3.46. The molecule has 1 aromatic carbocycles. The molecule has 1 heterocycles. The first-order chi connectivity index (χ1) is 11.7. The molecule has 134 valence electrons. The molecule has 0 unspecified atom stereocenters. The molecule has 6 nitrogen and oxygen atoms in total. The van der Waals surface area contributed by atoms with Gasteiger partial charge in [-0.1, -0.05) is 12.1 Å². The van der Waals surface area contributed by atoms with Crippen molar-refractivity contribution < 1.29 is 23.9 Å². The van der Waals surface area contributed by atoms with Crippen molar-refractivity contribution in [1.82, 2.24) is 4.90 Å². The maximum atomic E-state index is 12.4. The summed E-state index contributed by atoms with van der Waals surface area (Å²) in [6.45, 7) is 7.26. The lowest BCUT2D eigenvalue weighted by molar-refractivity contribution is -0.156. The smallest absolute Gasteiger partial charge is 0.326 e. The Labute approximate surface area is 151 Å². The van der Waals surface area contributed by atoms with Crippen molar-refractivity contribution in [2.75, 3.05) is 13.2 Å². The van der Waals surface area contributed by atoms with Crippen LogP contribution in [0.15, 0.2) is 29.2 Å². The fraction of sp³-hybridized carbons (Fsp3) is 0.389. The zero-order valence-electron chi connectivity index (χ0n) is 14.7. The quantitative estimate of drug-likeness (QED) is 0.589. The predicted molar refractivity (Wildman–Crippen MR) is 96.1 cm³/mol. The second-order valence-corrected chi connectivity index (χ2v) is 7.35. The molecule has 1 saturated heterocycles. The van der Waals surface area contributed by atoms with E-state index in [1.54, 1.807) is 51.1 Å². The highest BCUT2D eigenvalue weighted by atomic mass is 32.2. The van der Waals surface area contributed by atoms with E-state index < -0.39 is 22.7 Å². The lowest BCUT2D eigenvalue weighted by Gasteiger charge is -2.21. The minimum atomic E-state index is -0.670. The van der Waals surface area contributed by atoms with E-state index in [-0.39, 0.29) is 11.4 Å². The first-order valence-electron chi connectivity index (χ1n) is 7.89. The van der Waals surface area contributed by atoms with Gasteiger partial charge in [-0.25, -0.2) is 0 Å². The summed E-state index contributed by atoms with van der Waals surface area (Å²) in [5.74, 6) is -0.371. The molecule has 0 atom stereocenters. The number of thioether (sulfide) groups is 1. The van der Waals surface area contributed by atoms with E-state index in [2.05, 4.69) is 0 Å². The topological polar surface area (TPSA) is 72.9 Å². The van der Waals surface area contributed by atoms with Crippen LogP contribution in [0.4, 0.5) is 4.79 Å². The van der Waals surface area contributed by atoms with Crippen LogP contribution in [0.3, 0.4) is 0 Å². The molecule has 25 heavy (non-hydrogen) atoms. The molecule has 0 aliphatic carbocycles. The van der Waals surface area contributed by atoms with E-state index in [9.17, 15) is 14.4 Å². The Bertz CT molecular complexity index is 703. The average Bonchev–Trinajstić information content (AvgIpc) is 2.75. The Balaban J connectivity index is 2.08. The van der Waals surface area contributed by atoms with E-state index in [1.807, 2.05) is 6.92 Å². The van der Waals surface area contributed by atoms with Crippen molar-refractivity contribution in [2.24, 2.45) is 0 Å². The molecule has 1 aromatic rings. The van der Waals surface area contributed by atoms with Crippen molar-refractivity contribution in [3.8, 4) is 5.75 Å². The first kappa shape index (κ1) is 19.1. The number of ether oxygens (including phenoxy) is 2. The summed E-state index contributed by atoms with van der Waals surface area (Å²) in [7, 11) is 0. The van der Waals surface area contributed by atoms with E-state index in [0.29, 0.717) is 6.61 Å². The molecule has 2 rings (SSSR count). The first-order valence-corrected chi connectivity index (χ1v) is 8.71. The van der Waals surface area contributed by atoms with E-state index in [1.165, 1.54) is 0 Å². The van der Waals surface area contributed by atoms with Crippen molar-refractivity contribution in [3.63, 3.8) is 0 Å². The average molecular weight is 363 g/mol. The van der Waals surface area contributed by atoms with Gasteiger partial charge in [-0.2, -0.15) is 0 Å². The minimum absolute atomic E-state index is 0.276. The van der Waals surface area contributed by atoms with Gasteiger partial charge in [0, 0.05) is 0 Å². The summed E-state index contributed by atoms with van der Waals surface area (Å²) >= 11 is 0.811. The van der Waals surface area contributed by atoms with Gasteiger partial charge < -0.3 is 9.47 Å². The van der Waals surface area contributed by atoms with Crippen molar-refractivity contribution in [3.05, 3.63) is 34.7 Å². The van der Waals surface area contributed by atoms with Gasteiger partial charge in [0.2, 0.25) is 0 Å². The number of amides is 2. The highest BCUT2D eigenvalue weighted by Crippen LogP contribution is 2.32. The largest absolute Gasteiger partial charge is 0.494 e. The summed E-state index contributed by atoms with van der Waals surface area (Å²) < 4.78 is 10.5. The molecule has 0 aromatic heterocycles. The lowest BCUT2D eigenvalue weighted by atomic mass is 10.2. The Morgan fingerprint density at radius 2 is 1.84 bits per heavy atom. The number of carbonyl (C=O) groups excluding carboxylic acids is 3. The van der Waals surface area contributed by atoms with Gasteiger partial charge in [0.15, 0.2) is 0 Å². The highest BCUT2D eigenvalue weighted by Gasteiger charge is 2.37. The van der Waals surface area contributed by atoms with Crippen LogP contribution >= 0.6 is 11.8 Å². The second-order valence-electron chi connectivity index (χ2n) is 6.36. The SMILES string of the molecule is CCOc1ccc(/C=C2/SC(=O)N(CC(=O)OC(C)(C)C)C2=O)cc1. The van der Waals surface area contributed by atoms with Crippen LogP contribution in [0.25, 0.3) is 6.08 Å². The fourth-order valence-electron chi connectivity index (χ4n) is 2.12. The van der Waals surface area contributed by atoms with Crippen LogP contribution in [0, 0.1) is 0 Å². The number of imide groups is 1. The molecular weight excluding hydrogens is 342 g/mol. The monoisotopic (exact) mass is 363 g/mol. The van der Waals surface area contributed by atoms with Crippen molar-refractivity contribution >= 4 is 35.0 Å². The van der Waals surface area contributed by atoms with Gasteiger partial charge >= 0.3 is 5.97 Å². The van der Waals surface area contributed by atoms with Crippen LogP contribution in [0.1, 0.15) is 33.3 Å². The third kappa shape index (κ3) is 5.35. The number of carbonyl (C=O) groups is 3. The molecule has 0 spiro atoms. The minimum Gasteiger partial charge on any atom is -0.494 e. The van der Waals surface area contributed by atoms with Crippen LogP contribution in [-0.2, 0) is 14.3 Å². The van der Waals surface area contributed by atoms with Gasteiger partial charge in [-0.3, -0.25) is 19.3 Å². The molecule has 1 fully saturated rings. The maximum Gasteiger partial charge on any atom is 0.326 e.